The average molecular weight is 254 g/mol. The fourth-order valence-corrected chi connectivity index (χ4v) is 2.15. The molecule has 0 aromatic heterocycles. The van der Waals surface area contributed by atoms with Gasteiger partial charge in [0, 0.05) is 24.2 Å². The molecule has 0 aliphatic heterocycles. The van der Waals surface area contributed by atoms with E-state index in [4.69, 9.17) is 0 Å². The highest BCUT2D eigenvalue weighted by Crippen LogP contribution is 2.17. The van der Waals surface area contributed by atoms with Crippen molar-refractivity contribution in [3.63, 3.8) is 0 Å². The van der Waals surface area contributed by atoms with Crippen molar-refractivity contribution in [2.45, 2.75) is 38.3 Å². The van der Waals surface area contributed by atoms with Crippen LogP contribution in [0.15, 0.2) is 18.2 Å². The van der Waals surface area contributed by atoms with Crippen molar-refractivity contribution in [2.75, 3.05) is 0 Å². The van der Waals surface area contributed by atoms with E-state index < -0.39 is 11.6 Å². The molecule has 2 N–H and O–H groups in total. The Kier molecular flexibility index (Phi) is 4.12. The number of benzene rings is 1. The molecule has 0 saturated heterocycles. The molecule has 98 valence electrons. The molecule has 1 saturated carbocycles. The molecular weight excluding hydrogens is 238 g/mol. The second-order valence-corrected chi connectivity index (χ2v) is 4.54. The van der Waals surface area contributed by atoms with Gasteiger partial charge < -0.3 is 10.6 Å². The molecule has 18 heavy (non-hydrogen) atoms. The first kappa shape index (κ1) is 12.8. The topological polar surface area (TPSA) is 41.1 Å². The van der Waals surface area contributed by atoms with E-state index in [9.17, 15) is 13.6 Å². The summed E-state index contributed by atoms with van der Waals surface area (Å²) < 4.78 is 26.0. The number of nitrogens with one attached hydrogen (secondary N) is 2. The summed E-state index contributed by atoms with van der Waals surface area (Å²) in [4.78, 5) is 11.5. The van der Waals surface area contributed by atoms with Gasteiger partial charge in [0.1, 0.15) is 11.6 Å². The van der Waals surface area contributed by atoms with E-state index in [-0.39, 0.29) is 24.2 Å². The monoisotopic (exact) mass is 254 g/mol. The smallest absolute Gasteiger partial charge is 0.315 e. The summed E-state index contributed by atoms with van der Waals surface area (Å²) in [5, 5.41) is 5.41. The van der Waals surface area contributed by atoms with E-state index in [2.05, 4.69) is 10.6 Å². The number of urea groups is 1. The molecule has 0 spiro atoms. The van der Waals surface area contributed by atoms with Crippen LogP contribution < -0.4 is 10.6 Å². The van der Waals surface area contributed by atoms with Crippen molar-refractivity contribution in [3.8, 4) is 0 Å². The van der Waals surface area contributed by atoms with E-state index in [1.54, 1.807) is 0 Å². The number of amides is 2. The fraction of sp³-hybridized carbons (Fsp3) is 0.462. The van der Waals surface area contributed by atoms with E-state index in [1.165, 1.54) is 12.1 Å². The summed E-state index contributed by atoms with van der Waals surface area (Å²) in [6, 6.07) is 3.25. The van der Waals surface area contributed by atoms with Gasteiger partial charge in [-0.1, -0.05) is 18.9 Å². The molecule has 0 bridgehead atoms. The van der Waals surface area contributed by atoms with Gasteiger partial charge >= 0.3 is 6.03 Å². The number of hydrogen-bond donors (Lipinski definition) is 2. The van der Waals surface area contributed by atoms with Crippen LogP contribution in [-0.2, 0) is 6.54 Å². The summed E-state index contributed by atoms with van der Waals surface area (Å²) in [6.07, 6.45) is 4.27. The van der Waals surface area contributed by atoms with Crippen LogP contribution in [0.1, 0.15) is 31.2 Å². The molecule has 2 rings (SSSR count). The summed E-state index contributed by atoms with van der Waals surface area (Å²) in [7, 11) is 0. The van der Waals surface area contributed by atoms with Crippen LogP contribution in [0, 0.1) is 11.6 Å². The highest BCUT2D eigenvalue weighted by Gasteiger charge is 2.16. The van der Waals surface area contributed by atoms with Gasteiger partial charge in [-0.25, -0.2) is 13.6 Å². The second kappa shape index (κ2) is 5.80. The number of carbonyl (C=O) groups is 1. The Hall–Kier alpha value is -1.65. The summed E-state index contributed by atoms with van der Waals surface area (Å²) >= 11 is 0. The minimum absolute atomic E-state index is 0.0602. The lowest BCUT2D eigenvalue weighted by Crippen LogP contribution is -2.40. The first-order valence-electron chi connectivity index (χ1n) is 6.13. The lowest BCUT2D eigenvalue weighted by Gasteiger charge is -2.13. The third kappa shape index (κ3) is 3.42. The van der Waals surface area contributed by atoms with Crippen LogP contribution in [-0.4, -0.2) is 12.1 Å². The lowest BCUT2D eigenvalue weighted by molar-refractivity contribution is 0.236. The molecule has 1 aliphatic rings. The Morgan fingerprint density at radius 2 is 2.00 bits per heavy atom. The minimum atomic E-state index is -0.642. The van der Waals surface area contributed by atoms with E-state index >= 15 is 0 Å². The standard InChI is InChI=1S/C13H16F2N2O/c14-10-6-5-9(12(15)7-10)8-16-13(18)17-11-3-1-2-4-11/h5-7,11H,1-4,8H2,(H2,16,17,18). The van der Waals surface area contributed by atoms with Gasteiger partial charge in [0.2, 0.25) is 0 Å². The molecule has 0 heterocycles. The number of halogens is 2. The predicted molar refractivity (Wildman–Crippen MR) is 64.0 cm³/mol. The summed E-state index contributed by atoms with van der Waals surface area (Å²) in [5.41, 5.74) is 0.276. The van der Waals surface area contributed by atoms with Crippen LogP contribution in [0.3, 0.4) is 0 Å². The molecular formula is C13H16F2N2O. The SMILES string of the molecule is O=C(NCc1ccc(F)cc1F)NC1CCCC1. The van der Waals surface area contributed by atoms with Gasteiger partial charge in [0.05, 0.1) is 0 Å². The molecule has 5 heteroatoms. The zero-order valence-corrected chi connectivity index (χ0v) is 10.0. The molecule has 3 nitrogen and oxygen atoms in total. The van der Waals surface area contributed by atoms with E-state index in [0.717, 1.165) is 31.7 Å². The van der Waals surface area contributed by atoms with Crippen molar-refractivity contribution in [2.24, 2.45) is 0 Å². The van der Waals surface area contributed by atoms with E-state index in [1.807, 2.05) is 0 Å². The third-order valence-corrected chi connectivity index (χ3v) is 3.14. The zero-order valence-electron chi connectivity index (χ0n) is 10.0. The maximum absolute atomic E-state index is 13.3. The van der Waals surface area contributed by atoms with Crippen LogP contribution in [0.4, 0.5) is 13.6 Å². The predicted octanol–water partition coefficient (Wildman–Crippen LogP) is 2.71. The highest BCUT2D eigenvalue weighted by molar-refractivity contribution is 5.74. The van der Waals surface area contributed by atoms with Crippen molar-refractivity contribution < 1.29 is 13.6 Å². The van der Waals surface area contributed by atoms with Crippen LogP contribution >= 0.6 is 0 Å². The van der Waals surface area contributed by atoms with Gasteiger partial charge in [0.15, 0.2) is 0 Å². The number of rotatable bonds is 3. The maximum atomic E-state index is 13.3. The molecule has 1 aromatic carbocycles. The minimum Gasteiger partial charge on any atom is -0.335 e. The lowest BCUT2D eigenvalue weighted by atomic mass is 10.2. The Morgan fingerprint density at radius 1 is 1.28 bits per heavy atom. The molecule has 1 fully saturated rings. The van der Waals surface area contributed by atoms with Gasteiger partial charge in [-0.2, -0.15) is 0 Å². The van der Waals surface area contributed by atoms with Gasteiger partial charge in [0.25, 0.3) is 0 Å². The molecule has 0 atom stereocenters. The Labute approximate surface area is 105 Å². The first-order chi connectivity index (χ1) is 8.65. The molecule has 2 amide bonds. The van der Waals surface area contributed by atoms with Crippen LogP contribution in [0.2, 0.25) is 0 Å². The van der Waals surface area contributed by atoms with Gasteiger partial charge in [-0.3, -0.25) is 0 Å². The molecule has 0 unspecified atom stereocenters. The Bertz CT molecular complexity index is 431. The van der Waals surface area contributed by atoms with Crippen LogP contribution in [0.25, 0.3) is 0 Å². The van der Waals surface area contributed by atoms with Crippen molar-refractivity contribution >= 4 is 6.03 Å². The second-order valence-electron chi connectivity index (χ2n) is 4.54. The quantitative estimate of drug-likeness (QED) is 0.855. The largest absolute Gasteiger partial charge is 0.335 e. The number of carbonyl (C=O) groups excluding carboxylic acids is 1. The summed E-state index contributed by atoms with van der Waals surface area (Å²) in [5.74, 6) is -1.26. The normalized spacial score (nSPS) is 15.7. The van der Waals surface area contributed by atoms with Crippen molar-refractivity contribution in [1.82, 2.24) is 10.6 Å². The first-order valence-corrected chi connectivity index (χ1v) is 6.13. The fourth-order valence-electron chi connectivity index (χ4n) is 2.15. The number of hydrogen-bond acceptors (Lipinski definition) is 1. The molecule has 0 radical (unpaired) electrons. The molecule has 1 aromatic rings. The van der Waals surface area contributed by atoms with Crippen molar-refractivity contribution in [3.05, 3.63) is 35.4 Å². The Morgan fingerprint density at radius 3 is 2.67 bits per heavy atom. The van der Waals surface area contributed by atoms with Crippen LogP contribution in [0.5, 0.6) is 0 Å². The van der Waals surface area contributed by atoms with E-state index in [0.29, 0.717) is 0 Å². The highest BCUT2D eigenvalue weighted by atomic mass is 19.1. The average Bonchev–Trinajstić information content (AvgIpc) is 2.80. The summed E-state index contributed by atoms with van der Waals surface area (Å²) in [6.45, 7) is 0.0602. The van der Waals surface area contributed by atoms with Crippen molar-refractivity contribution in [1.29, 1.82) is 0 Å². The Balaban J connectivity index is 1.81. The van der Waals surface area contributed by atoms with Gasteiger partial charge in [-0.15, -0.1) is 0 Å². The zero-order chi connectivity index (χ0) is 13.0. The third-order valence-electron chi connectivity index (χ3n) is 3.14. The molecule has 1 aliphatic carbocycles. The van der Waals surface area contributed by atoms with Gasteiger partial charge in [-0.05, 0) is 18.9 Å². The maximum Gasteiger partial charge on any atom is 0.315 e.